The highest BCUT2D eigenvalue weighted by Crippen LogP contribution is 2.23. The summed E-state index contributed by atoms with van der Waals surface area (Å²) in [6, 6.07) is 4.69. The van der Waals surface area contributed by atoms with Crippen molar-refractivity contribution in [1.82, 2.24) is 46.8 Å². The number of rotatable bonds is 16. The van der Waals surface area contributed by atoms with Crippen LogP contribution >= 0.6 is 0 Å². The lowest BCUT2D eigenvalue weighted by molar-refractivity contribution is -0.141. The summed E-state index contributed by atoms with van der Waals surface area (Å²) >= 11 is 0. The summed E-state index contributed by atoms with van der Waals surface area (Å²) in [5, 5.41) is 18.0. The number of Topliss-reactive ketones (excluding diaryl/α,β-unsaturated/α-hetero) is 1. The van der Waals surface area contributed by atoms with E-state index in [2.05, 4.69) is 47.2 Å². The van der Waals surface area contributed by atoms with Crippen LogP contribution in [0.4, 0.5) is 10.5 Å². The highest BCUT2D eigenvalue weighted by molar-refractivity contribution is 6.38. The van der Waals surface area contributed by atoms with Crippen LogP contribution in [0.3, 0.4) is 0 Å². The van der Waals surface area contributed by atoms with E-state index in [1.807, 2.05) is 0 Å². The molecule has 2 aromatic rings. The predicted octanol–water partition coefficient (Wildman–Crippen LogP) is -0.508. The summed E-state index contributed by atoms with van der Waals surface area (Å²) < 4.78 is 0. The molecule has 2 heterocycles. The molecule has 0 spiro atoms. The van der Waals surface area contributed by atoms with Crippen LogP contribution in [0.2, 0.25) is 0 Å². The molecule has 7 N–H and O–H groups in total. The average Bonchev–Trinajstić information content (AvgIpc) is 3.55. The van der Waals surface area contributed by atoms with Gasteiger partial charge in [-0.2, -0.15) is 0 Å². The number of hydrogen-bond acceptors (Lipinski definition) is 10. The Labute approximate surface area is 307 Å². The molecule has 1 aromatic heterocycles. The van der Waals surface area contributed by atoms with E-state index in [0.29, 0.717) is 18.7 Å². The monoisotopic (exact) mass is 736 g/mol. The number of carbonyl (C=O) groups excluding carboxylic acids is 8. The van der Waals surface area contributed by atoms with Crippen molar-refractivity contribution in [2.45, 2.75) is 65.6 Å². The summed E-state index contributed by atoms with van der Waals surface area (Å²) in [5.74, 6) is -6.24. The third-order valence-electron chi connectivity index (χ3n) is 8.15. The number of ketones is 1. The number of aromatic nitrogens is 2. The number of benzene rings is 1. The number of hydrogen-bond donors (Lipinski definition) is 7. The first kappa shape index (κ1) is 41.5. The first-order valence-corrected chi connectivity index (χ1v) is 17.3. The van der Waals surface area contributed by atoms with Gasteiger partial charge in [0.25, 0.3) is 11.8 Å². The zero-order valence-electron chi connectivity index (χ0n) is 30.5. The lowest BCUT2D eigenvalue weighted by atomic mass is 9.85. The first-order valence-electron chi connectivity index (χ1n) is 17.3. The number of carbonyl (C=O) groups is 8. The normalized spacial score (nSPS) is 16.3. The average molecular weight is 737 g/mol. The molecule has 53 heavy (non-hydrogen) atoms. The Hall–Kier alpha value is -5.94. The van der Waals surface area contributed by atoms with Gasteiger partial charge in [0.15, 0.2) is 0 Å². The molecule has 18 nitrogen and oxygen atoms in total. The molecule has 1 saturated heterocycles. The second-order valence-corrected chi connectivity index (χ2v) is 13.4. The Bertz CT molecular complexity index is 1630. The zero-order valence-corrected chi connectivity index (χ0v) is 30.5. The van der Waals surface area contributed by atoms with Crippen molar-refractivity contribution in [3.63, 3.8) is 0 Å². The fraction of sp³-hybridized carbons (Fsp3) is 0.486. The van der Waals surface area contributed by atoms with E-state index >= 15 is 0 Å². The molecule has 0 bridgehead atoms. The molecular formula is C35H48N10O8. The van der Waals surface area contributed by atoms with Gasteiger partial charge in [-0.1, -0.05) is 52.3 Å². The van der Waals surface area contributed by atoms with E-state index < -0.39 is 89.8 Å². The molecule has 1 aromatic carbocycles. The van der Waals surface area contributed by atoms with Crippen molar-refractivity contribution in [3.8, 4) is 0 Å². The van der Waals surface area contributed by atoms with Crippen molar-refractivity contribution >= 4 is 52.9 Å². The van der Waals surface area contributed by atoms with Gasteiger partial charge >= 0.3 is 6.03 Å². The molecule has 3 rings (SSSR count). The lowest BCUT2D eigenvalue weighted by Gasteiger charge is -2.32. The topological polar surface area (TPSA) is 250 Å². The Kier molecular flexibility index (Phi) is 15.3. The number of urea groups is 1. The van der Waals surface area contributed by atoms with Gasteiger partial charge in [0.05, 0.1) is 37.3 Å². The second kappa shape index (κ2) is 19.6. The summed E-state index contributed by atoms with van der Waals surface area (Å²) in [5.41, 5.74) is -0.352. The van der Waals surface area contributed by atoms with Crippen molar-refractivity contribution in [2.24, 2.45) is 11.3 Å². The first-order chi connectivity index (χ1) is 25.1. The molecular weight excluding hydrogens is 688 g/mol. The Morgan fingerprint density at radius 2 is 1.57 bits per heavy atom. The molecule has 1 aliphatic heterocycles. The third-order valence-corrected chi connectivity index (χ3v) is 8.15. The van der Waals surface area contributed by atoms with E-state index in [4.69, 9.17) is 0 Å². The Balaban J connectivity index is 1.78. The van der Waals surface area contributed by atoms with Gasteiger partial charge in [0.1, 0.15) is 11.7 Å². The minimum absolute atomic E-state index is 0.000276. The van der Waals surface area contributed by atoms with E-state index in [-0.39, 0.29) is 25.2 Å². The summed E-state index contributed by atoms with van der Waals surface area (Å²) in [6.07, 6.45) is 4.48. The minimum Gasteiger partial charge on any atom is -0.355 e. The fourth-order valence-electron chi connectivity index (χ4n) is 5.43. The van der Waals surface area contributed by atoms with Crippen LogP contribution in [-0.4, -0.2) is 113 Å². The maximum absolute atomic E-state index is 13.9. The predicted molar refractivity (Wildman–Crippen MR) is 192 cm³/mol. The third kappa shape index (κ3) is 12.7. The van der Waals surface area contributed by atoms with Crippen LogP contribution in [0, 0.1) is 11.3 Å². The van der Waals surface area contributed by atoms with E-state index in [1.54, 1.807) is 65.0 Å². The van der Waals surface area contributed by atoms with Crippen LogP contribution in [0.25, 0.3) is 0 Å². The molecule has 1 fully saturated rings. The number of amides is 8. The smallest absolute Gasteiger partial charge is 0.321 e. The van der Waals surface area contributed by atoms with E-state index in [0.717, 1.165) is 0 Å². The molecule has 0 aliphatic carbocycles. The molecule has 8 amide bonds. The van der Waals surface area contributed by atoms with Crippen molar-refractivity contribution in [1.29, 1.82) is 0 Å². The lowest BCUT2D eigenvalue weighted by Crippen LogP contribution is -2.59. The van der Waals surface area contributed by atoms with Crippen LogP contribution in [0.15, 0.2) is 48.9 Å². The molecule has 0 saturated carbocycles. The van der Waals surface area contributed by atoms with Gasteiger partial charge in [0.2, 0.25) is 29.4 Å². The number of likely N-dealkylation sites (tertiary alicyclic amines) is 1. The molecule has 0 unspecified atom stereocenters. The number of anilines is 1. The second-order valence-electron chi connectivity index (χ2n) is 13.4. The van der Waals surface area contributed by atoms with E-state index in [1.165, 1.54) is 23.5 Å². The van der Waals surface area contributed by atoms with Crippen molar-refractivity contribution in [2.75, 3.05) is 38.0 Å². The number of nitrogens with one attached hydrogen (secondary N) is 7. The van der Waals surface area contributed by atoms with Gasteiger partial charge in [-0.05, 0) is 30.9 Å². The summed E-state index contributed by atoms with van der Waals surface area (Å²) in [6.45, 7) is 7.77. The van der Waals surface area contributed by atoms with Crippen LogP contribution in [0.1, 0.15) is 57.9 Å². The maximum Gasteiger partial charge on any atom is 0.321 e. The maximum atomic E-state index is 13.9. The quantitative estimate of drug-likeness (QED) is 0.109. The molecule has 0 radical (unpaired) electrons. The highest BCUT2D eigenvalue weighted by atomic mass is 16.2. The summed E-state index contributed by atoms with van der Waals surface area (Å²) in [7, 11) is 0. The van der Waals surface area contributed by atoms with Crippen LogP contribution in [-0.2, 0) is 28.8 Å². The number of nitrogens with zero attached hydrogens (tertiary/aromatic N) is 3. The zero-order chi connectivity index (χ0) is 39.1. The van der Waals surface area contributed by atoms with Gasteiger partial charge in [-0.3, -0.25) is 38.5 Å². The van der Waals surface area contributed by atoms with Crippen LogP contribution in [0.5, 0.6) is 0 Å². The van der Waals surface area contributed by atoms with E-state index in [9.17, 15) is 38.4 Å². The van der Waals surface area contributed by atoms with Gasteiger partial charge in [-0.15, -0.1) is 0 Å². The Morgan fingerprint density at radius 1 is 0.868 bits per heavy atom. The van der Waals surface area contributed by atoms with Crippen LogP contribution < -0.4 is 37.2 Å². The van der Waals surface area contributed by atoms with Gasteiger partial charge in [0, 0.05) is 37.7 Å². The number of likely N-dealkylation sites (N-methyl/N-ethyl adjacent to an activating group) is 1. The molecule has 286 valence electrons. The largest absolute Gasteiger partial charge is 0.355 e. The van der Waals surface area contributed by atoms with Gasteiger partial charge < -0.3 is 42.1 Å². The van der Waals surface area contributed by atoms with Gasteiger partial charge in [-0.25, -0.2) is 9.78 Å². The molecule has 18 heteroatoms. The highest BCUT2D eigenvalue weighted by Gasteiger charge is 2.44. The molecule has 4 atom stereocenters. The van der Waals surface area contributed by atoms with Crippen molar-refractivity contribution in [3.05, 3.63) is 54.6 Å². The summed E-state index contributed by atoms with van der Waals surface area (Å²) in [4.78, 5) is 113. The molecule has 1 aliphatic rings. The SMILES string of the molecule is CCC[C@H](NC(=O)[C@@H]1CN(C(=O)Nc2ccccc2)C[C@@H]1NC(=O)[C@@H](NC(=O)CNC(=O)c1cnccn1)C(C)(C)C)C(=O)C(=O)NCC(=O)NCC. The Morgan fingerprint density at radius 3 is 2.19 bits per heavy atom. The van der Waals surface area contributed by atoms with Crippen molar-refractivity contribution < 1.29 is 38.4 Å². The minimum atomic E-state index is -1.25. The standard InChI is InChI=1S/C35H48N10O8/c1-6-11-23(28(48)32(51)40-17-26(46)37-7-2)42-30(49)22-19-45(34(53)41-21-12-9-8-10-13-21)20-25(22)43-33(52)29(35(3,4)5)44-27(47)18-39-31(50)24-16-36-14-15-38-24/h8-10,12-16,22-23,25,29H,6-7,11,17-20H2,1-5H3,(H,37,46)(H,39,50)(H,40,51)(H,41,53)(H,42,49)(H,43,52)(H,44,47)/t22-,23+,25+,29-/m1/s1. The number of para-hydroxylation sites is 1. The fourth-order valence-corrected chi connectivity index (χ4v) is 5.43.